The highest BCUT2D eigenvalue weighted by atomic mass is 32.2. The molecule has 2 aromatic heterocycles. The number of hydrogen-bond acceptors (Lipinski definition) is 7. The summed E-state index contributed by atoms with van der Waals surface area (Å²) in [5.41, 5.74) is 4.00. The molecule has 6 nitrogen and oxygen atoms in total. The topological polar surface area (TPSA) is 77.9 Å². The van der Waals surface area contributed by atoms with E-state index >= 15 is 0 Å². The molecule has 0 atom stereocenters. The van der Waals surface area contributed by atoms with Crippen molar-refractivity contribution in [2.24, 2.45) is 0 Å². The number of ether oxygens (including phenoxy) is 1. The summed E-state index contributed by atoms with van der Waals surface area (Å²) in [6.45, 7) is 6.29. The molecule has 0 saturated heterocycles. The molecule has 0 N–H and O–H groups in total. The summed E-state index contributed by atoms with van der Waals surface area (Å²) in [6, 6.07) is 17.2. The first kappa shape index (κ1) is 20.9. The minimum absolute atomic E-state index is 0.315. The Labute approximate surface area is 185 Å². The van der Waals surface area contributed by atoms with Crippen LogP contribution in [0.1, 0.15) is 35.1 Å². The molecule has 31 heavy (non-hydrogen) atoms. The average molecular weight is 431 g/mol. The molecule has 0 aliphatic heterocycles. The van der Waals surface area contributed by atoms with Gasteiger partial charge in [-0.3, -0.25) is 0 Å². The third-order valence-corrected chi connectivity index (χ3v) is 5.49. The van der Waals surface area contributed by atoms with E-state index in [2.05, 4.69) is 20.2 Å². The molecule has 156 valence electrons. The van der Waals surface area contributed by atoms with Gasteiger partial charge in [0.1, 0.15) is 10.7 Å². The summed E-state index contributed by atoms with van der Waals surface area (Å²) >= 11 is 1.41. The highest BCUT2D eigenvalue weighted by molar-refractivity contribution is 7.99. The van der Waals surface area contributed by atoms with Gasteiger partial charge in [0.2, 0.25) is 0 Å². The number of carbonyl (C=O) groups is 1. The monoisotopic (exact) mass is 430 g/mol. The first-order valence-electron chi connectivity index (χ1n) is 10.1. The van der Waals surface area contributed by atoms with Crippen molar-refractivity contribution in [3.05, 3.63) is 71.5 Å². The van der Waals surface area contributed by atoms with Crippen molar-refractivity contribution in [1.82, 2.24) is 20.2 Å². The Hall–Kier alpha value is -3.32. The van der Waals surface area contributed by atoms with Crippen LogP contribution in [0.15, 0.2) is 64.8 Å². The molecule has 0 radical (unpaired) electrons. The molecule has 0 bridgehead atoms. The molecule has 4 aromatic rings. The van der Waals surface area contributed by atoms with Crippen LogP contribution in [0.25, 0.3) is 22.0 Å². The van der Waals surface area contributed by atoms with Crippen LogP contribution in [0.4, 0.5) is 0 Å². The quantitative estimate of drug-likeness (QED) is 0.298. The first-order valence-corrected chi connectivity index (χ1v) is 10.9. The SMILES string of the molecule is CCCOC(=O)c1ccc(-c2nnc(Sc3nc(C)cc(C)n3)c3ccccc23)cc1. The van der Waals surface area contributed by atoms with Crippen molar-refractivity contribution in [3.8, 4) is 11.3 Å². The lowest BCUT2D eigenvalue weighted by Crippen LogP contribution is -2.05. The van der Waals surface area contributed by atoms with Gasteiger partial charge in [-0.15, -0.1) is 10.2 Å². The Morgan fingerprint density at radius 2 is 1.61 bits per heavy atom. The second kappa shape index (κ2) is 9.22. The van der Waals surface area contributed by atoms with Gasteiger partial charge in [-0.1, -0.05) is 43.3 Å². The molecule has 0 spiro atoms. The number of fused-ring (bicyclic) bond motifs is 1. The van der Waals surface area contributed by atoms with Crippen molar-refractivity contribution in [3.63, 3.8) is 0 Å². The molecule has 2 aromatic carbocycles. The minimum atomic E-state index is -0.315. The van der Waals surface area contributed by atoms with Crippen LogP contribution in [0.2, 0.25) is 0 Å². The Morgan fingerprint density at radius 1 is 0.935 bits per heavy atom. The van der Waals surface area contributed by atoms with Crippen LogP contribution in [-0.4, -0.2) is 32.7 Å². The molecule has 7 heteroatoms. The highest BCUT2D eigenvalue weighted by Crippen LogP contribution is 2.34. The van der Waals surface area contributed by atoms with E-state index in [0.29, 0.717) is 17.3 Å². The number of aromatic nitrogens is 4. The molecule has 0 saturated carbocycles. The molecule has 0 amide bonds. The third-order valence-electron chi connectivity index (χ3n) is 4.63. The lowest BCUT2D eigenvalue weighted by atomic mass is 10.0. The number of hydrogen-bond donors (Lipinski definition) is 0. The van der Waals surface area contributed by atoms with Gasteiger partial charge in [0.25, 0.3) is 0 Å². The summed E-state index contributed by atoms with van der Waals surface area (Å²) in [7, 11) is 0. The average Bonchev–Trinajstić information content (AvgIpc) is 2.77. The lowest BCUT2D eigenvalue weighted by molar-refractivity contribution is 0.0505. The maximum absolute atomic E-state index is 12.1. The fourth-order valence-electron chi connectivity index (χ4n) is 3.24. The van der Waals surface area contributed by atoms with Gasteiger partial charge in [0.05, 0.1) is 12.2 Å². The summed E-state index contributed by atoms with van der Waals surface area (Å²) in [5, 5.41) is 12.3. The highest BCUT2D eigenvalue weighted by Gasteiger charge is 2.14. The molecular weight excluding hydrogens is 408 g/mol. The lowest BCUT2D eigenvalue weighted by Gasteiger charge is -2.10. The third kappa shape index (κ3) is 4.72. The van der Waals surface area contributed by atoms with Gasteiger partial charge < -0.3 is 4.74 Å². The fourth-order valence-corrected chi connectivity index (χ4v) is 4.16. The van der Waals surface area contributed by atoms with E-state index in [-0.39, 0.29) is 5.97 Å². The summed E-state index contributed by atoms with van der Waals surface area (Å²) in [5.74, 6) is -0.315. The van der Waals surface area contributed by atoms with Crippen molar-refractivity contribution in [2.45, 2.75) is 37.4 Å². The number of esters is 1. The van der Waals surface area contributed by atoms with Crippen molar-refractivity contribution >= 4 is 28.5 Å². The van der Waals surface area contributed by atoms with Crippen LogP contribution in [0.3, 0.4) is 0 Å². The summed E-state index contributed by atoms with van der Waals surface area (Å²) in [4.78, 5) is 21.1. The zero-order valence-corrected chi connectivity index (χ0v) is 18.4. The van der Waals surface area contributed by atoms with Crippen LogP contribution < -0.4 is 0 Å². The number of rotatable bonds is 6. The predicted octanol–water partition coefficient (Wildman–Crippen LogP) is 5.42. The zero-order chi connectivity index (χ0) is 21.8. The second-order valence-corrected chi connectivity index (χ2v) is 8.10. The molecule has 0 unspecified atom stereocenters. The van der Waals surface area contributed by atoms with Crippen LogP contribution in [-0.2, 0) is 4.74 Å². The van der Waals surface area contributed by atoms with Gasteiger partial charge in [-0.2, -0.15) is 0 Å². The predicted molar refractivity (Wildman–Crippen MR) is 121 cm³/mol. The minimum Gasteiger partial charge on any atom is -0.462 e. The molecule has 0 fully saturated rings. The summed E-state index contributed by atoms with van der Waals surface area (Å²) < 4.78 is 5.20. The van der Waals surface area contributed by atoms with E-state index in [0.717, 1.165) is 44.9 Å². The Bertz CT molecular complexity index is 1220. The van der Waals surface area contributed by atoms with Crippen molar-refractivity contribution in [2.75, 3.05) is 6.61 Å². The Kier molecular flexibility index (Phi) is 6.23. The van der Waals surface area contributed by atoms with Gasteiger partial charge in [-0.05, 0) is 50.2 Å². The van der Waals surface area contributed by atoms with E-state index in [9.17, 15) is 4.79 Å². The Balaban J connectivity index is 1.69. The molecule has 2 heterocycles. The Morgan fingerprint density at radius 3 is 2.29 bits per heavy atom. The van der Waals surface area contributed by atoms with E-state index in [1.807, 2.05) is 63.2 Å². The fraction of sp³-hybridized carbons (Fsp3) is 0.208. The van der Waals surface area contributed by atoms with Crippen LogP contribution in [0.5, 0.6) is 0 Å². The smallest absolute Gasteiger partial charge is 0.338 e. The first-order chi connectivity index (χ1) is 15.0. The van der Waals surface area contributed by atoms with E-state index in [1.165, 1.54) is 11.8 Å². The summed E-state index contributed by atoms with van der Waals surface area (Å²) in [6.07, 6.45) is 0.795. The van der Waals surface area contributed by atoms with Gasteiger partial charge >= 0.3 is 5.97 Å². The largest absolute Gasteiger partial charge is 0.462 e. The van der Waals surface area contributed by atoms with E-state index in [1.54, 1.807) is 12.1 Å². The number of nitrogens with zero attached hydrogens (tertiary/aromatic N) is 4. The van der Waals surface area contributed by atoms with E-state index in [4.69, 9.17) is 4.74 Å². The molecule has 0 aliphatic rings. The second-order valence-electron chi connectivity index (χ2n) is 7.15. The van der Waals surface area contributed by atoms with Gasteiger partial charge in [0, 0.05) is 27.7 Å². The number of carbonyl (C=O) groups excluding carboxylic acids is 1. The maximum Gasteiger partial charge on any atom is 0.338 e. The molecular formula is C24H22N4O2S. The zero-order valence-electron chi connectivity index (χ0n) is 17.6. The van der Waals surface area contributed by atoms with Crippen molar-refractivity contribution < 1.29 is 9.53 Å². The molecule has 0 aliphatic carbocycles. The van der Waals surface area contributed by atoms with Gasteiger partial charge in [0.15, 0.2) is 5.16 Å². The molecule has 4 rings (SSSR count). The van der Waals surface area contributed by atoms with Crippen LogP contribution >= 0.6 is 11.8 Å². The normalized spacial score (nSPS) is 10.9. The maximum atomic E-state index is 12.1. The van der Waals surface area contributed by atoms with Gasteiger partial charge in [-0.25, -0.2) is 14.8 Å². The van der Waals surface area contributed by atoms with Crippen molar-refractivity contribution in [1.29, 1.82) is 0 Å². The number of benzene rings is 2. The number of aryl methyl sites for hydroxylation is 2. The van der Waals surface area contributed by atoms with E-state index < -0.39 is 0 Å². The standard InChI is InChI=1S/C24H22N4O2S/c1-4-13-30-23(29)18-11-9-17(10-12-18)21-19-7-5-6-8-20(19)22(28-27-21)31-24-25-15(2)14-16(3)26-24/h5-12,14H,4,13H2,1-3H3. The van der Waals surface area contributed by atoms with Crippen LogP contribution in [0, 0.1) is 13.8 Å².